The summed E-state index contributed by atoms with van der Waals surface area (Å²) in [5.74, 6) is 0.652. The zero-order chi connectivity index (χ0) is 23.5. The zero-order valence-electron chi connectivity index (χ0n) is 17.3. The van der Waals surface area contributed by atoms with Gasteiger partial charge in [-0.1, -0.05) is 33.6 Å². The largest absolute Gasteiger partial charge is 0.496 e. The van der Waals surface area contributed by atoms with E-state index < -0.39 is 19.9 Å². The lowest BCUT2D eigenvalue weighted by Gasteiger charge is -2.13. The second-order valence-corrected chi connectivity index (χ2v) is 12.0. The molecule has 1 N–H and O–H groups in total. The van der Waals surface area contributed by atoms with Crippen molar-refractivity contribution < 1.29 is 21.6 Å². The Morgan fingerprint density at radius 2 is 1.59 bits per heavy atom. The van der Waals surface area contributed by atoms with Crippen LogP contribution in [0.15, 0.2) is 79.8 Å². The van der Waals surface area contributed by atoms with Gasteiger partial charge in [-0.15, -0.1) is 0 Å². The van der Waals surface area contributed by atoms with Crippen molar-refractivity contribution in [2.75, 3.05) is 13.7 Å². The topological polar surface area (TPSA) is 89.5 Å². The molecule has 6 nitrogen and oxygen atoms in total. The highest BCUT2D eigenvalue weighted by Gasteiger charge is 2.23. The van der Waals surface area contributed by atoms with E-state index >= 15 is 0 Å². The summed E-state index contributed by atoms with van der Waals surface area (Å²) < 4.78 is 60.6. The SMILES string of the molecule is COc1ccc(Br)cc1CCNS(=O)(=O)c1cc(S(=O)(=O)c2ccc(Cl)cc2)ccc1C. The number of rotatable bonds is 8. The number of hydrogen-bond acceptors (Lipinski definition) is 5. The molecule has 3 rings (SSSR count). The van der Waals surface area contributed by atoms with Gasteiger partial charge >= 0.3 is 0 Å². The molecule has 10 heteroatoms. The first-order valence-electron chi connectivity index (χ1n) is 9.48. The van der Waals surface area contributed by atoms with Gasteiger partial charge in [-0.3, -0.25) is 0 Å². The second-order valence-electron chi connectivity index (χ2n) is 6.99. The maximum atomic E-state index is 13.0. The maximum Gasteiger partial charge on any atom is 0.240 e. The van der Waals surface area contributed by atoms with E-state index in [0.29, 0.717) is 22.8 Å². The van der Waals surface area contributed by atoms with Gasteiger partial charge in [0.25, 0.3) is 0 Å². The lowest BCUT2D eigenvalue weighted by Crippen LogP contribution is -2.27. The van der Waals surface area contributed by atoms with Gasteiger partial charge in [0.15, 0.2) is 0 Å². The molecular formula is C22H21BrClNO5S2. The van der Waals surface area contributed by atoms with E-state index in [1.807, 2.05) is 12.1 Å². The van der Waals surface area contributed by atoms with E-state index in [-0.39, 0.29) is 21.2 Å². The standard InChI is InChI=1S/C22H21BrClNO5S2/c1-15-3-7-20(31(26,27)19-8-5-18(24)6-9-19)14-22(15)32(28,29)25-12-11-16-13-17(23)4-10-21(16)30-2/h3-10,13-14,25H,11-12H2,1-2H3. The maximum absolute atomic E-state index is 13.0. The Bertz CT molecular complexity index is 1340. The molecule has 0 saturated heterocycles. The summed E-state index contributed by atoms with van der Waals surface area (Å²) in [5.41, 5.74) is 1.27. The third-order valence-electron chi connectivity index (χ3n) is 4.81. The summed E-state index contributed by atoms with van der Waals surface area (Å²) in [4.78, 5) is -0.169. The molecule has 0 aliphatic rings. The molecule has 0 fully saturated rings. The number of aryl methyl sites for hydroxylation is 1. The van der Waals surface area contributed by atoms with Crippen molar-refractivity contribution in [3.05, 3.63) is 81.3 Å². The number of methoxy groups -OCH3 is 1. The van der Waals surface area contributed by atoms with Crippen molar-refractivity contribution in [2.45, 2.75) is 28.0 Å². The number of halogens is 2. The first-order valence-corrected chi connectivity index (χ1v) is 13.6. The fourth-order valence-electron chi connectivity index (χ4n) is 3.13. The molecule has 32 heavy (non-hydrogen) atoms. The number of benzene rings is 3. The smallest absolute Gasteiger partial charge is 0.240 e. The molecule has 0 bridgehead atoms. The number of hydrogen-bond donors (Lipinski definition) is 1. The van der Waals surface area contributed by atoms with Gasteiger partial charge in [-0.25, -0.2) is 21.6 Å². The van der Waals surface area contributed by atoms with E-state index in [2.05, 4.69) is 20.7 Å². The van der Waals surface area contributed by atoms with Crippen LogP contribution in [0.3, 0.4) is 0 Å². The second kappa shape index (κ2) is 9.93. The van der Waals surface area contributed by atoms with Crippen molar-refractivity contribution in [3.8, 4) is 5.75 Å². The molecule has 0 spiro atoms. The summed E-state index contributed by atoms with van der Waals surface area (Å²) in [6, 6.07) is 15.3. The van der Waals surface area contributed by atoms with Crippen LogP contribution in [0.25, 0.3) is 0 Å². The Labute approximate surface area is 201 Å². The van der Waals surface area contributed by atoms with Crippen LogP contribution in [-0.4, -0.2) is 30.5 Å². The van der Waals surface area contributed by atoms with Gasteiger partial charge in [-0.2, -0.15) is 0 Å². The van der Waals surface area contributed by atoms with E-state index in [0.717, 1.165) is 10.0 Å². The van der Waals surface area contributed by atoms with Crippen LogP contribution < -0.4 is 9.46 Å². The summed E-state index contributed by atoms with van der Waals surface area (Å²) >= 11 is 9.24. The highest BCUT2D eigenvalue weighted by molar-refractivity contribution is 9.10. The molecule has 3 aromatic rings. The Kier molecular flexibility index (Phi) is 7.67. The highest BCUT2D eigenvalue weighted by atomic mass is 79.9. The molecule has 0 heterocycles. The molecule has 0 aliphatic carbocycles. The summed E-state index contributed by atoms with van der Waals surface area (Å²) in [6.45, 7) is 1.73. The van der Waals surface area contributed by atoms with Crippen molar-refractivity contribution in [1.29, 1.82) is 0 Å². The van der Waals surface area contributed by atoms with Crippen molar-refractivity contribution in [2.24, 2.45) is 0 Å². The Morgan fingerprint density at radius 3 is 2.25 bits per heavy atom. The van der Waals surface area contributed by atoms with Gasteiger partial charge in [0.05, 0.1) is 21.8 Å². The molecule has 0 radical (unpaired) electrons. The molecule has 0 amide bonds. The predicted molar refractivity (Wildman–Crippen MR) is 128 cm³/mol. The quantitative estimate of drug-likeness (QED) is 0.430. The van der Waals surface area contributed by atoms with E-state index in [1.54, 1.807) is 20.1 Å². The minimum absolute atomic E-state index is 0.0313. The van der Waals surface area contributed by atoms with Crippen LogP contribution >= 0.6 is 27.5 Å². The van der Waals surface area contributed by atoms with Crippen LogP contribution in [0.1, 0.15) is 11.1 Å². The van der Waals surface area contributed by atoms with Gasteiger partial charge in [0.1, 0.15) is 5.75 Å². The van der Waals surface area contributed by atoms with Gasteiger partial charge in [0, 0.05) is 16.0 Å². The predicted octanol–water partition coefficient (Wildman–Crippen LogP) is 4.77. The first-order chi connectivity index (χ1) is 15.0. The molecule has 0 saturated carbocycles. The van der Waals surface area contributed by atoms with Gasteiger partial charge < -0.3 is 4.74 Å². The zero-order valence-corrected chi connectivity index (χ0v) is 21.3. The third kappa shape index (κ3) is 5.52. The van der Waals surface area contributed by atoms with Crippen LogP contribution in [-0.2, 0) is 26.3 Å². The van der Waals surface area contributed by atoms with E-state index in [1.165, 1.54) is 42.5 Å². The summed E-state index contributed by atoms with van der Waals surface area (Å²) in [7, 11) is -6.31. The molecule has 0 unspecified atom stereocenters. The molecule has 170 valence electrons. The fourth-order valence-corrected chi connectivity index (χ4v) is 6.32. The molecule has 0 aliphatic heterocycles. The lowest BCUT2D eigenvalue weighted by molar-refractivity contribution is 0.409. The van der Waals surface area contributed by atoms with Crippen LogP contribution in [0.2, 0.25) is 5.02 Å². The Morgan fingerprint density at radius 1 is 0.938 bits per heavy atom. The van der Waals surface area contributed by atoms with Crippen molar-refractivity contribution in [3.63, 3.8) is 0 Å². The lowest BCUT2D eigenvalue weighted by atomic mass is 10.1. The van der Waals surface area contributed by atoms with E-state index in [9.17, 15) is 16.8 Å². The first kappa shape index (κ1) is 24.7. The van der Waals surface area contributed by atoms with Gasteiger partial charge in [0.2, 0.25) is 19.9 Å². The van der Waals surface area contributed by atoms with Crippen LogP contribution in [0.4, 0.5) is 0 Å². The fraction of sp³-hybridized carbons (Fsp3) is 0.182. The van der Waals surface area contributed by atoms with E-state index in [4.69, 9.17) is 16.3 Å². The Balaban J connectivity index is 1.85. The molecule has 3 aromatic carbocycles. The highest BCUT2D eigenvalue weighted by Crippen LogP contribution is 2.27. The molecule has 0 atom stereocenters. The molecular weight excluding hydrogens is 538 g/mol. The van der Waals surface area contributed by atoms with Crippen LogP contribution in [0, 0.1) is 6.92 Å². The van der Waals surface area contributed by atoms with Crippen molar-refractivity contribution in [1.82, 2.24) is 4.72 Å². The number of ether oxygens (including phenoxy) is 1. The van der Waals surface area contributed by atoms with Crippen LogP contribution in [0.5, 0.6) is 5.75 Å². The van der Waals surface area contributed by atoms with Crippen molar-refractivity contribution >= 4 is 47.4 Å². The number of sulfone groups is 1. The molecule has 0 aromatic heterocycles. The minimum atomic E-state index is -3.95. The van der Waals surface area contributed by atoms with Gasteiger partial charge in [-0.05, 0) is 79.1 Å². The monoisotopic (exact) mass is 557 g/mol. The number of sulfonamides is 1. The average Bonchev–Trinajstić information content (AvgIpc) is 2.74. The normalized spacial score (nSPS) is 12.0. The third-order valence-corrected chi connectivity index (χ3v) is 8.93. The number of nitrogens with one attached hydrogen (secondary N) is 1. The minimum Gasteiger partial charge on any atom is -0.496 e. The average molecular weight is 559 g/mol. The summed E-state index contributed by atoms with van der Waals surface area (Å²) in [6.07, 6.45) is 0.393. The Hall–Kier alpha value is -1.91. The summed E-state index contributed by atoms with van der Waals surface area (Å²) in [5, 5.41) is 0.405.